The Hall–Kier alpha value is -1.53. The monoisotopic (exact) mass is 385 g/mol. The van der Waals surface area contributed by atoms with Crippen LogP contribution in [0, 0.1) is 5.41 Å². The number of carbonyl (C=O) groups is 1. The summed E-state index contributed by atoms with van der Waals surface area (Å²) in [6, 6.07) is 8.86. The first-order chi connectivity index (χ1) is 13.2. The Kier molecular flexibility index (Phi) is 4.64. The van der Waals surface area contributed by atoms with Gasteiger partial charge in [-0.3, -0.25) is 4.79 Å². The first-order valence-electron chi connectivity index (χ1n) is 10.2. The molecule has 5 nitrogen and oxygen atoms in total. The van der Waals surface area contributed by atoms with E-state index in [1.807, 2.05) is 24.5 Å². The number of cyclic esters (lactones) is 1. The minimum Gasteiger partial charge on any atom is -0.460 e. The molecule has 0 N–H and O–H groups in total. The third-order valence-corrected chi connectivity index (χ3v) is 7.76. The molecule has 4 heterocycles. The van der Waals surface area contributed by atoms with E-state index in [1.54, 1.807) is 0 Å². The standard InChI is InChI=1S/C21H27N3O2S/c25-20-21(7-9-23(10-8-21)16-5-11-27-12-6-16)13-17(26-20)14-24-15-22-18-3-1-2-4-19(18)24/h1-4,15-17H,5-14H2. The third-order valence-electron chi connectivity index (χ3n) is 6.72. The Morgan fingerprint density at radius 3 is 2.78 bits per heavy atom. The molecule has 3 fully saturated rings. The highest BCUT2D eigenvalue weighted by atomic mass is 32.2. The average molecular weight is 386 g/mol. The van der Waals surface area contributed by atoms with Gasteiger partial charge < -0.3 is 14.2 Å². The number of para-hydroxylation sites is 2. The van der Waals surface area contributed by atoms with Crippen LogP contribution in [0.2, 0.25) is 0 Å². The molecule has 27 heavy (non-hydrogen) atoms. The van der Waals surface area contributed by atoms with Crippen molar-refractivity contribution in [2.45, 2.75) is 50.8 Å². The maximum atomic E-state index is 12.8. The van der Waals surface area contributed by atoms with Crippen LogP contribution in [0.15, 0.2) is 30.6 Å². The smallest absolute Gasteiger partial charge is 0.312 e. The van der Waals surface area contributed by atoms with E-state index >= 15 is 0 Å². The van der Waals surface area contributed by atoms with Crippen LogP contribution in [-0.2, 0) is 16.1 Å². The normalized spacial score (nSPS) is 26.7. The summed E-state index contributed by atoms with van der Waals surface area (Å²) < 4.78 is 7.97. The number of benzene rings is 1. The highest BCUT2D eigenvalue weighted by Gasteiger charge is 2.50. The number of nitrogens with zero attached hydrogens (tertiary/aromatic N) is 3. The van der Waals surface area contributed by atoms with Crippen molar-refractivity contribution in [3.05, 3.63) is 30.6 Å². The Morgan fingerprint density at radius 2 is 1.96 bits per heavy atom. The minimum atomic E-state index is -0.249. The number of esters is 1. The van der Waals surface area contributed by atoms with Crippen LogP contribution in [0.4, 0.5) is 0 Å². The van der Waals surface area contributed by atoms with Crippen molar-refractivity contribution in [3.63, 3.8) is 0 Å². The number of imidazole rings is 1. The zero-order valence-corrected chi connectivity index (χ0v) is 16.5. The van der Waals surface area contributed by atoms with Gasteiger partial charge in [0.05, 0.1) is 29.3 Å². The van der Waals surface area contributed by atoms with Gasteiger partial charge in [-0.25, -0.2) is 4.98 Å². The summed E-state index contributed by atoms with van der Waals surface area (Å²) >= 11 is 2.08. The van der Waals surface area contributed by atoms with Crippen LogP contribution in [0.1, 0.15) is 32.1 Å². The number of aromatic nitrogens is 2. The molecule has 3 aliphatic rings. The molecular formula is C21H27N3O2S. The topological polar surface area (TPSA) is 47.4 Å². The molecule has 3 saturated heterocycles. The van der Waals surface area contributed by atoms with Crippen molar-refractivity contribution in [1.29, 1.82) is 0 Å². The summed E-state index contributed by atoms with van der Waals surface area (Å²) in [6.07, 6.45) is 7.21. The molecule has 1 atom stereocenters. The molecule has 0 radical (unpaired) electrons. The first-order valence-corrected chi connectivity index (χ1v) is 11.3. The molecule has 5 rings (SSSR count). The van der Waals surface area contributed by atoms with E-state index in [0.29, 0.717) is 6.54 Å². The van der Waals surface area contributed by atoms with Crippen molar-refractivity contribution in [2.24, 2.45) is 5.41 Å². The van der Waals surface area contributed by atoms with Gasteiger partial charge in [-0.2, -0.15) is 11.8 Å². The quantitative estimate of drug-likeness (QED) is 0.759. The maximum absolute atomic E-state index is 12.8. The molecule has 0 amide bonds. The number of carbonyl (C=O) groups excluding carboxylic acids is 1. The summed E-state index contributed by atoms with van der Waals surface area (Å²) in [5.74, 6) is 2.61. The van der Waals surface area contributed by atoms with Gasteiger partial charge in [-0.1, -0.05) is 12.1 Å². The van der Waals surface area contributed by atoms with Gasteiger partial charge in [-0.15, -0.1) is 0 Å². The van der Waals surface area contributed by atoms with Crippen molar-refractivity contribution >= 4 is 28.8 Å². The van der Waals surface area contributed by atoms with Gasteiger partial charge in [0, 0.05) is 12.5 Å². The van der Waals surface area contributed by atoms with Gasteiger partial charge in [0.2, 0.25) is 0 Å². The second kappa shape index (κ2) is 7.13. The van der Waals surface area contributed by atoms with Gasteiger partial charge in [-0.05, 0) is 62.4 Å². The van der Waals surface area contributed by atoms with E-state index in [2.05, 4.69) is 32.3 Å². The fraction of sp³-hybridized carbons (Fsp3) is 0.619. The van der Waals surface area contributed by atoms with E-state index < -0.39 is 0 Å². The van der Waals surface area contributed by atoms with Crippen molar-refractivity contribution in [2.75, 3.05) is 24.6 Å². The molecule has 1 aromatic carbocycles. The van der Waals surface area contributed by atoms with Crippen molar-refractivity contribution < 1.29 is 9.53 Å². The zero-order chi connectivity index (χ0) is 18.3. The van der Waals surface area contributed by atoms with Gasteiger partial charge in [0.25, 0.3) is 0 Å². The Balaban J connectivity index is 1.24. The van der Waals surface area contributed by atoms with E-state index in [9.17, 15) is 4.79 Å². The molecule has 144 valence electrons. The van der Waals surface area contributed by atoms with Crippen LogP contribution in [-0.4, -0.2) is 57.2 Å². The summed E-state index contributed by atoms with van der Waals surface area (Å²) in [5.41, 5.74) is 1.86. The highest BCUT2D eigenvalue weighted by Crippen LogP contribution is 2.44. The maximum Gasteiger partial charge on any atom is 0.312 e. The van der Waals surface area contributed by atoms with Crippen molar-refractivity contribution in [1.82, 2.24) is 14.5 Å². The number of hydrogen-bond donors (Lipinski definition) is 0. The number of ether oxygens (including phenoxy) is 1. The lowest BCUT2D eigenvalue weighted by Gasteiger charge is -2.41. The van der Waals surface area contributed by atoms with E-state index in [1.165, 1.54) is 24.3 Å². The third kappa shape index (κ3) is 3.27. The predicted molar refractivity (Wildman–Crippen MR) is 108 cm³/mol. The Bertz CT molecular complexity index is 822. The van der Waals surface area contributed by atoms with Crippen molar-refractivity contribution in [3.8, 4) is 0 Å². The molecule has 0 saturated carbocycles. The number of piperidine rings is 1. The van der Waals surface area contributed by atoms with Crippen LogP contribution >= 0.6 is 11.8 Å². The molecule has 1 spiro atoms. The highest BCUT2D eigenvalue weighted by molar-refractivity contribution is 7.99. The number of fused-ring (bicyclic) bond motifs is 1. The van der Waals surface area contributed by atoms with Gasteiger partial charge >= 0.3 is 5.97 Å². The lowest BCUT2D eigenvalue weighted by atomic mass is 9.75. The fourth-order valence-electron chi connectivity index (χ4n) is 5.09. The van der Waals surface area contributed by atoms with Gasteiger partial charge in [0.1, 0.15) is 6.10 Å². The predicted octanol–water partition coefficient (Wildman–Crippen LogP) is 3.33. The summed E-state index contributed by atoms with van der Waals surface area (Å²) in [4.78, 5) is 19.9. The molecule has 1 aromatic heterocycles. The summed E-state index contributed by atoms with van der Waals surface area (Å²) in [5, 5.41) is 0. The van der Waals surface area contributed by atoms with Gasteiger partial charge in [0.15, 0.2) is 0 Å². The summed E-state index contributed by atoms with van der Waals surface area (Å²) in [7, 11) is 0. The van der Waals surface area contributed by atoms with E-state index in [0.717, 1.165) is 49.4 Å². The van der Waals surface area contributed by atoms with Crippen LogP contribution in [0.25, 0.3) is 11.0 Å². The fourth-order valence-corrected chi connectivity index (χ4v) is 6.17. The molecule has 0 bridgehead atoms. The molecular weight excluding hydrogens is 358 g/mol. The second-order valence-corrected chi connectivity index (χ2v) is 9.50. The lowest BCUT2D eigenvalue weighted by Crippen LogP contribution is -2.47. The zero-order valence-electron chi connectivity index (χ0n) is 15.7. The number of thioether (sulfide) groups is 1. The molecule has 3 aliphatic heterocycles. The number of hydrogen-bond acceptors (Lipinski definition) is 5. The lowest BCUT2D eigenvalue weighted by molar-refractivity contribution is -0.151. The Morgan fingerprint density at radius 1 is 1.19 bits per heavy atom. The SMILES string of the molecule is O=C1OC(Cn2cnc3ccccc32)CC12CCN(C1CCSCC1)CC2. The molecule has 0 aliphatic carbocycles. The van der Waals surface area contributed by atoms with Crippen LogP contribution in [0.3, 0.4) is 0 Å². The second-order valence-electron chi connectivity index (χ2n) is 8.28. The minimum absolute atomic E-state index is 0.0345. The van der Waals surface area contributed by atoms with Crippen LogP contribution in [0.5, 0.6) is 0 Å². The van der Waals surface area contributed by atoms with E-state index in [4.69, 9.17) is 4.74 Å². The Labute approximate surface area is 164 Å². The first kappa shape index (κ1) is 17.6. The number of rotatable bonds is 3. The molecule has 1 unspecified atom stereocenters. The van der Waals surface area contributed by atoms with E-state index in [-0.39, 0.29) is 17.5 Å². The molecule has 6 heteroatoms. The average Bonchev–Trinajstić information content (AvgIpc) is 3.25. The number of likely N-dealkylation sites (tertiary alicyclic amines) is 1. The molecule has 2 aromatic rings. The summed E-state index contributed by atoms with van der Waals surface area (Å²) in [6.45, 7) is 2.80. The van der Waals surface area contributed by atoms with Crippen LogP contribution < -0.4 is 0 Å². The largest absolute Gasteiger partial charge is 0.460 e.